The molecule has 0 aromatic heterocycles. The van der Waals surface area contributed by atoms with E-state index in [0.717, 1.165) is 19.5 Å². The number of likely N-dealkylation sites (tertiary alicyclic amines) is 1. The second-order valence-corrected chi connectivity index (χ2v) is 3.37. The third kappa shape index (κ3) is 2.17. The highest BCUT2D eigenvalue weighted by atomic mass is 79.9. The maximum atomic E-state index is 11.1. The SMILES string of the molecule is O=C(CBr)N1CCC(CO)C1. The van der Waals surface area contributed by atoms with E-state index in [1.807, 2.05) is 0 Å². The number of nitrogens with zero attached hydrogens (tertiary/aromatic N) is 1. The van der Waals surface area contributed by atoms with Crippen molar-refractivity contribution in [3.8, 4) is 0 Å². The first-order valence-corrected chi connectivity index (χ1v) is 4.84. The summed E-state index contributed by atoms with van der Waals surface area (Å²) in [5.41, 5.74) is 0. The fourth-order valence-electron chi connectivity index (χ4n) is 1.29. The van der Waals surface area contributed by atoms with Crippen molar-refractivity contribution in [1.29, 1.82) is 0 Å². The first-order chi connectivity index (χ1) is 5.27. The molecule has 0 saturated carbocycles. The van der Waals surface area contributed by atoms with Crippen molar-refractivity contribution in [3.05, 3.63) is 0 Å². The Morgan fingerprint density at radius 3 is 2.91 bits per heavy atom. The van der Waals surface area contributed by atoms with Gasteiger partial charge in [-0.1, -0.05) is 15.9 Å². The molecule has 1 N–H and O–H groups in total. The van der Waals surface area contributed by atoms with Crippen LogP contribution in [0.25, 0.3) is 0 Å². The molecule has 0 aromatic rings. The molecule has 0 bridgehead atoms. The number of hydrogen-bond donors (Lipinski definition) is 1. The normalized spacial score (nSPS) is 24.2. The van der Waals surface area contributed by atoms with Crippen LogP contribution < -0.4 is 0 Å². The van der Waals surface area contributed by atoms with E-state index in [0.29, 0.717) is 11.2 Å². The molecule has 0 aliphatic carbocycles. The smallest absolute Gasteiger partial charge is 0.233 e. The lowest BCUT2D eigenvalue weighted by molar-refractivity contribution is -0.127. The minimum absolute atomic E-state index is 0.126. The Balaban J connectivity index is 2.35. The van der Waals surface area contributed by atoms with Gasteiger partial charge in [-0.25, -0.2) is 0 Å². The van der Waals surface area contributed by atoms with Crippen LogP contribution in [-0.2, 0) is 4.79 Å². The predicted octanol–water partition coefficient (Wildman–Crippen LogP) is 0.222. The Labute approximate surface area is 74.5 Å². The number of carbonyl (C=O) groups excluding carboxylic acids is 1. The maximum Gasteiger partial charge on any atom is 0.233 e. The first-order valence-electron chi connectivity index (χ1n) is 3.72. The number of hydrogen-bond acceptors (Lipinski definition) is 2. The fourth-order valence-corrected chi connectivity index (χ4v) is 1.65. The second kappa shape index (κ2) is 4.07. The molecule has 1 atom stereocenters. The van der Waals surface area contributed by atoms with Gasteiger partial charge in [-0.3, -0.25) is 4.79 Å². The molecule has 4 heteroatoms. The van der Waals surface area contributed by atoms with Gasteiger partial charge in [0.25, 0.3) is 0 Å². The molecule has 1 saturated heterocycles. The number of aliphatic hydroxyl groups excluding tert-OH is 1. The molecule has 0 radical (unpaired) electrons. The van der Waals surface area contributed by atoms with E-state index >= 15 is 0 Å². The number of carbonyl (C=O) groups is 1. The van der Waals surface area contributed by atoms with Gasteiger partial charge in [0.15, 0.2) is 0 Å². The van der Waals surface area contributed by atoms with Gasteiger partial charge in [0, 0.05) is 25.6 Å². The molecule has 1 rings (SSSR count). The molecule has 1 unspecified atom stereocenters. The van der Waals surface area contributed by atoms with E-state index in [-0.39, 0.29) is 12.5 Å². The highest BCUT2D eigenvalue weighted by molar-refractivity contribution is 9.09. The highest BCUT2D eigenvalue weighted by Gasteiger charge is 2.24. The molecule has 64 valence electrons. The molecule has 1 fully saturated rings. The van der Waals surface area contributed by atoms with Crippen molar-refractivity contribution in [1.82, 2.24) is 4.90 Å². The summed E-state index contributed by atoms with van der Waals surface area (Å²) in [7, 11) is 0. The van der Waals surface area contributed by atoms with Gasteiger partial charge in [-0.05, 0) is 6.42 Å². The number of rotatable bonds is 2. The minimum Gasteiger partial charge on any atom is -0.396 e. The van der Waals surface area contributed by atoms with Crippen LogP contribution in [0, 0.1) is 5.92 Å². The van der Waals surface area contributed by atoms with Gasteiger partial charge in [0.05, 0.1) is 5.33 Å². The van der Waals surface area contributed by atoms with E-state index in [2.05, 4.69) is 15.9 Å². The zero-order valence-electron chi connectivity index (χ0n) is 6.29. The maximum absolute atomic E-state index is 11.1. The third-order valence-corrected chi connectivity index (χ3v) is 2.49. The third-order valence-electron chi connectivity index (χ3n) is 2.01. The Morgan fingerprint density at radius 2 is 2.45 bits per heavy atom. The van der Waals surface area contributed by atoms with Gasteiger partial charge in [0.2, 0.25) is 5.91 Å². The molecule has 0 aromatic carbocycles. The Kier molecular flexibility index (Phi) is 3.33. The van der Waals surface area contributed by atoms with Crippen LogP contribution in [-0.4, -0.2) is 40.9 Å². The molecular weight excluding hydrogens is 210 g/mol. The highest BCUT2D eigenvalue weighted by Crippen LogP contribution is 2.15. The Bertz CT molecular complexity index is 151. The monoisotopic (exact) mass is 221 g/mol. The van der Waals surface area contributed by atoms with E-state index < -0.39 is 0 Å². The average molecular weight is 222 g/mol. The first kappa shape index (κ1) is 9.00. The number of amides is 1. The standard InChI is InChI=1S/C7H12BrNO2/c8-3-7(11)9-2-1-6(4-9)5-10/h6,10H,1-5H2. The lowest BCUT2D eigenvalue weighted by atomic mass is 10.1. The van der Waals surface area contributed by atoms with Gasteiger partial charge in [-0.15, -0.1) is 0 Å². The summed E-state index contributed by atoms with van der Waals surface area (Å²) in [5.74, 6) is 0.430. The zero-order chi connectivity index (χ0) is 8.27. The quantitative estimate of drug-likeness (QED) is 0.679. The van der Waals surface area contributed by atoms with E-state index in [9.17, 15) is 4.79 Å². The molecule has 11 heavy (non-hydrogen) atoms. The van der Waals surface area contributed by atoms with Crippen LogP contribution in [0.1, 0.15) is 6.42 Å². The fraction of sp³-hybridized carbons (Fsp3) is 0.857. The Hall–Kier alpha value is -0.0900. The van der Waals surface area contributed by atoms with Gasteiger partial charge in [0.1, 0.15) is 0 Å². The minimum atomic E-state index is 0.126. The molecular formula is C7H12BrNO2. The van der Waals surface area contributed by atoms with Crippen molar-refractivity contribution >= 4 is 21.8 Å². The van der Waals surface area contributed by atoms with E-state index in [1.165, 1.54) is 0 Å². The molecule has 1 amide bonds. The number of halogens is 1. The molecule has 0 spiro atoms. The molecule has 1 aliphatic rings. The lowest BCUT2D eigenvalue weighted by Crippen LogP contribution is -2.29. The summed E-state index contributed by atoms with van der Waals surface area (Å²) in [6, 6.07) is 0. The van der Waals surface area contributed by atoms with Crippen LogP contribution in [0.4, 0.5) is 0 Å². The topological polar surface area (TPSA) is 40.5 Å². The summed E-state index contributed by atoms with van der Waals surface area (Å²) in [6.45, 7) is 1.72. The van der Waals surface area contributed by atoms with Crippen molar-refractivity contribution in [2.75, 3.05) is 25.0 Å². The largest absolute Gasteiger partial charge is 0.396 e. The second-order valence-electron chi connectivity index (χ2n) is 2.81. The molecule has 1 heterocycles. The molecule has 3 nitrogen and oxygen atoms in total. The predicted molar refractivity (Wildman–Crippen MR) is 45.6 cm³/mol. The van der Waals surface area contributed by atoms with Crippen LogP contribution in [0.2, 0.25) is 0 Å². The lowest BCUT2D eigenvalue weighted by Gasteiger charge is -2.13. The van der Waals surface area contributed by atoms with Crippen molar-refractivity contribution in [2.24, 2.45) is 5.92 Å². The number of alkyl halides is 1. The summed E-state index contributed by atoms with van der Waals surface area (Å²) in [4.78, 5) is 12.9. The van der Waals surface area contributed by atoms with Crippen LogP contribution in [0.3, 0.4) is 0 Å². The number of aliphatic hydroxyl groups is 1. The Morgan fingerprint density at radius 1 is 1.73 bits per heavy atom. The zero-order valence-corrected chi connectivity index (χ0v) is 7.88. The van der Waals surface area contributed by atoms with Gasteiger partial charge >= 0.3 is 0 Å². The van der Waals surface area contributed by atoms with Crippen LogP contribution >= 0.6 is 15.9 Å². The summed E-state index contributed by atoms with van der Waals surface area (Å²) in [5, 5.41) is 9.18. The van der Waals surface area contributed by atoms with Crippen molar-refractivity contribution in [2.45, 2.75) is 6.42 Å². The van der Waals surface area contributed by atoms with Crippen molar-refractivity contribution in [3.63, 3.8) is 0 Å². The average Bonchev–Trinajstić information content (AvgIpc) is 2.50. The van der Waals surface area contributed by atoms with Gasteiger partial charge < -0.3 is 10.0 Å². The molecule has 1 aliphatic heterocycles. The van der Waals surface area contributed by atoms with E-state index in [1.54, 1.807) is 4.90 Å². The summed E-state index contributed by atoms with van der Waals surface area (Å²) < 4.78 is 0. The van der Waals surface area contributed by atoms with Crippen LogP contribution in [0.5, 0.6) is 0 Å². The van der Waals surface area contributed by atoms with Crippen LogP contribution in [0.15, 0.2) is 0 Å². The summed E-state index contributed by atoms with van der Waals surface area (Å²) in [6.07, 6.45) is 0.940. The van der Waals surface area contributed by atoms with Crippen molar-refractivity contribution < 1.29 is 9.90 Å². The summed E-state index contributed by atoms with van der Waals surface area (Å²) >= 11 is 3.11. The van der Waals surface area contributed by atoms with E-state index in [4.69, 9.17) is 5.11 Å². The van der Waals surface area contributed by atoms with Gasteiger partial charge in [-0.2, -0.15) is 0 Å².